The largest absolute Gasteiger partial charge is 0.483 e. The third-order valence-corrected chi connectivity index (χ3v) is 3.03. The van der Waals surface area contributed by atoms with Gasteiger partial charge in [-0.25, -0.2) is 0 Å². The lowest BCUT2D eigenvalue weighted by atomic mass is 10.1. The van der Waals surface area contributed by atoms with E-state index in [0.29, 0.717) is 12.1 Å². The van der Waals surface area contributed by atoms with Crippen LogP contribution >= 0.6 is 0 Å². The number of amides is 1. The number of halogens is 3. The first-order chi connectivity index (χ1) is 10.4. The number of ether oxygens (including phenoxy) is 2. The van der Waals surface area contributed by atoms with Crippen LogP contribution in [0.3, 0.4) is 0 Å². The Morgan fingerprint density at radius 3 is 2.59 bits per heavy atom. The quantitative estimate of drug-likeness (QED) is 0.926. The van der Waals surface area contributed by atoms with E-state index >= 15 is 0 Å². The average molecular weight is 315 g/mol. The van der Waals surface area contributed by atoms with Gasteiger partial charge < -0.3 is 14.8 Å². The van der Waals surface area contributed by atoms with Crippen molar-refractivity contribution in [2.45, 2.75) is 25.9 Å². The maximum Gasteiger partial charge on any atom is 0.453 e. The number of alkyl halides is 3. The van der Waals surface area contributed by atoms with Crippen LogP contribution in [-0.4, -0.2) is 25.3 Å². The summed E-state index contributed by atoms with van der Waals surface area (Å²) in [5, 5.41) is 2.47. The van der Waals surface area contributed by atoms with Gasteiger partial charge in [0.25, 0.3) is 5.91 Å². The zero-order valence-electron chi connectivity index (χ0n) is 12.0. The van der Waals surface area contributed by atoms with Gasteiger partial charge in [-0.05, 0) is 18.1 Å². The Morgan fingerprint density at radius 2 is 1.91 bits per heavy atom. The summed E-state index contributed by atoms with van der Waals surface area (Å²) in [6, 6.07) is 6.96. The standard InChI is InChI=1S/C15H16F3NO3/c1-2-5-10-6-3-4-7-11(10)19-14(20)12-13(15(16,17)18)22-9-8-21-12/h3-4,6-7H,2,5,8-9H2,1H3,(H,19,20). The summed E-state index contributed by atoms with van der Waals surface area (Å²) in [7, 11) is 0. The molecule has 22 heavy (non-hydrogen) atoms. The summed E-state index contributed by atoms with van der Waals surface area (Å²) in [5.74, 6) is -3.18. The van der Waals surface area contributed by atoms with Gasteiger partial charge in [-0.2, -0.15) is 13.2 Å². The van der Waals surface area contributed by atoms with Crippen molar-refractivity contribution in [2.75, 3.05) is 18.5 Å². The van der Waals surface area contributed by atoms with Gasteiger partial charge in [0.1, 0.15) is 13.2 Å². The molecular formula is C15H16F3NO3. The van der Waals surface area contributed by atoms with E-state index in [-0.39, 0.29) is 13.2 Å². The van der Waals surface area contributed by atoms with Crippen LogP contribution in [0, 0.1) is 0 Å². The fraction of sp³-hybridized carbons (Fsp3) is 0.400. The van der Waals surface area contributed by atoms with Gasteiger partial charge in [-0.3, -0.25) is 4.79 Å². The molecule has 1 aromatic rings. The van der Waals surface area contributed by atoms with Crippen LogP contribution in [0.4, 0.5) is 18.9 Å². The topological polar surface area (TPSA) is 47.6 Å². The Morgan fingerprint density at radius 1 is 1.23 bits per heavy atom. The van der Waals surface area contributed by atoms with Crippen molar-refractivity contribution >= 4 is 11.6 Å². The molecule has 0 saturated carbocycles. The number of rotatable bonds is 4. The molecule has 1 aliphatic rings. The van der Waals surface area contributed by atoms with E-state index in [1.165, 1.54) is 0 Å². The van der Waals surface area contributed by atoms with Crippen molar-refractivity contribution < 1.29 is 27.4 Å². The molecular weight excluding hydrogens is 299 g/mol. The zero-order valence-corrected chi connectivity index (χ0v) is 12.0. The van der Waals surface area contributed by atoms with E-state index < -0.39 is 23.6 Å². The van der Waals surface area contributed by atoms with Gasteiger partial charge in [-0.15, -0.1) is 0 Å². The fourth-order valence-corrected chi connectivity index (χ4v) is 2.11. The molecule has 7 heteroatoms. The minimum atomic E-state index is -4.77. The molecule has 0 unspecified atom stereocenters. The van der Waals surface area contributed by atoms with Crippen LogP contribution in [0.25, 0.3) is 0 Å². The lowest BCUT2D eigenvalue weighted by Gasteiger charge is -2.23. The van der Waals surface area contributed by atoms with Gasteiger partial charge in [0.05, 0.1) is 0 Å². The number of anilines is 1. The van der Waals surface area contributed by atoms with E-state index in [0.717, 1.165) is 12.0 Å². The van der Waals surface area contributed by atoms with Gasteiger partial charge in [0, 0.05) is 5.69 Å². The van der Waals surface area contributed by atoms with Gasteiger partial charge in [-0.1, -0.05) is 31.5 Å². The molecule has 0 aliphatic carbocycles. The SMILES string of the molecule is CCCc1ccccc1NC(=O)C1=C(C(F)(F)F)OCCO1. The summed E-state index contributed by atoms with van der Waals surface area (Å²) < 4.78 is 48.0. The van der Waals surface area contributed by atoms with E-state index in [2.05, 4.69) is 10.1 Å². The highest BCUT2D eigenvalue weighted by molar-refractivity contribution is 6.03. The van der Waals surface area contributed by atoms with Gasteiger partial charge in [0.15, 0.2) is 0 Å². The van der Waals surface area contributed by atoms with Gasteiger partial charge >= 0.3 is 6.18 Å². The predicted molar refractivity (Wildman–Crippen MR) is 74.1 cm³/mol. The minimum Gasteiger partial charge on any atom is -0.483 e. The van der Waals surface area contributed by atoms with Crippen molar-refractivity contribution in [2.24, 2.45) is 0 Å². The third-order valence-electron chi connectivity index (χ3n) is 3.03. The number of para-hydroxylation sites is 1. The summed E-state index contributed by atoms with van der Waals surface area (Å²) in [4.78, 5) is 12.1. The highest BCUT2D eigenvalue weighted by atomic mass is 19.4. The van der Waals surface area contributed by atoms with E-state index in [9.17, 15) is 18.0 Å². The highest BCUT2D eigenvalue weighted by Gasteiger charge is 2.43. The van der Waals surface area contributed by atoms with Crippen molar-refractivity contribution in [1.82, 2.24) is 0 Å². The summed E-state index contributed by atoms with van der Waals surface area (Å²) in [6.45, 7) is 1.64. The second kappa shape index (κ2) is 6.72. The molecule has 0 radical (unpaired) electrons. The number of allylic oxidation sites excluding steroid dienone is 1. The number of nitrogens with one attached hydrogen (secondary N) is 1. The molecule has 1 heterocycles. The van der Waals surface area contributed by atoms with Crippen LogP contribution in [0.5, 0.6) is 0 Å². The van der Waals surface area contributed by atoms with Crippen molar-refractivity contribution in [1.29, 1.82) is 0 Å². The van der Waals surface area contributed by atoms with Crippen LogP contribution in [-0.2, 0) is 20.7 Å². The molecule has 4 nitrogen and oxygen atoms in total. The molecule has 0 saturated heterocycles. The normalized spacial score (nSPS) is 15.1. The number of carbonyl (C=O) groups excluding carboxylic acids is 1. The van der Waals surface area contributed by atoms with Crippen LogP contribution < -0.4 is 5.32 Å². The van der Waals surface area contributed by atoms with Crippen LogP contribution in [0.1, 0.15) is 18.9 Å². The minimum absolute atomic E-state index is 0.0983. The van der Waals surface area contributed by atoms with Gasteiger partial charge in [0.2, 0.25) is 11.5 Å². The number of aryl methyl sites for hydroxylation is 1. The molecule has 0 spiro atoms. The molecule has 1 amide bonds. The van der Waals surface area contributed by atoms with Crippen molar-refractivity contribution in [3.8, 4) is 0 Å². The lowest BCUT2D eigenvalue weighted by molar-refractivity contribution is -0.151. The lowest BCUT2D eigenvalue weighted by Crippen LogP contribution is -2.30. The molecule has 0 atom stereocenters. The Labute approximate surface area is 125 Å². The molecule has 1 N–H and O–H groups in total. The molecule has 1 aromatic carbocycles. The Balaban J connectivity index is 2.26. The first-order valence-electron chi connectivity index (χ1n) is 6.89. The Kier molecular flexibility index (Phi) is 4.95. The number of benzene rings is 1. The monoisotopic (exact) mass is 315 g/mol. The molecule has 0 bridgehead atoms. The molecule has 120 valence electrons. The smallest absolute Gasteiger partial charge is 0.453 e. The molecule has 1 aliphatic heterocycles. The summed E-state index contributed by atoms with van der Waals surface area (Å²) >= 11 is 0. The molecule has 2 rings (SSSR count). The number of hydrogen-bond acceptors (Lipinski definition) is 3. The molecule has 0 fully saturated rings. The number of hydrogen-bond donors (Lipinski definition) is 1. The molecule has 0 aromatic heterocycles. The second-order valence-corrected chi connectivity index (χ2v) is 4.71. The number of carbonyl (C=O) groups is 1. The Hall–Kier alpha value is -2.18. The summed E-state index contributed by atoms with van der Waals surface area (Å²) in [5.41, 5.74) is 1.32. The second-order valence-electron chi connectivity index (χ2n) is 4.71. The van der Waals surface area contributed by atoms with Crippen molar-refractivity contribution in [3.63, 3.8) is 0 Å². The zero-order chi connectivity index (χ0) is 16.2. The van der Waals surface area contributed by atoms with E-state index in [1.807, 2.05) is 13.0 Å². The summed E-state index contributed by atoms with van der Waals surface area (Å²) in [6.07, 6.45) is -3.21. The Bertz CT molecular complexity index is 582. The average Bonchev–Trinajstić information content (AvgIpc) is 2.48. The first-order valence-corrected chi connectivity index (χ1v) is 6.89. The van der Waals surface area contributed by atoms with Crippen LogP contribution in [0.2, 0.25) is 0 Å². The predicted octanol–water partition coefficient (Wildman–Crippen LogP) is 3.40. The van der Waals surface area contributed by atoms with E-state index in [4.69, 9.17) is 4.74 Å². The van der Waals surface area contributed by atoms with Crippen LogP contribution in [0.15, 0.2) is 35.8 Å². The maximum atomic E-state index is 12.8. The maximum absolute atomic E-state index is 12.8. The first kappa shape index (κ1) is 16.2. The van der Waals surface area contributed by atoms with Crippen molar-refractivity contribution in [3.05, 3.63) is 41.3 Å². The highest BCUT2D eigenvalue weighted by Crippen LogP contribution is 2.32. The fourth-order valence-electron chi connectivity index (χ4n) is 2.11. The third kappa shape index (κ3) is 3.72. The van der Waals surface area contributed by atoms with E-state index in [1.54, 1.807) is 18.2 Å².